The van der Waals surface area contributed by atoms with E-state index in [1.165, 1.54) is 42.4 Å². The highest BCUT2D eigenvalue weighted by molar-refractivity contribution is 5.32. The van der Waals surface area contributed by atoms with Gasteiger partial charge >= 0.3 is 0 Å². The summed E-state index contributed by atoms with van der Waals surface area (Å²) in [6.45, 7) is 7.76. The number of rotatable bonds is 4. The standard InChI is InChI=1S/C18H27N/c1-4-19-18(14-10-12(2)9-13(3)11-14)17-15-7-5-6-8-16(15)17/h9-11,15-19H,4-8H2,1-3H3. The summed E-state index contributed by atoms with van der Waals surface area (Å²) in [5, 5.41) is 3.77. The molecule has 2 aliphatic carbocycles. The molecule has 1 aromatic carbocycles. The number of hydrogen-bond acceptors (Lipinski definition) is 1. The molecule has 1 N–H and O–H groups in total. The van der Waals surface area contributed by atoms with Gasteiger partial charge in [0.05, 0.1) is 0 Å². The molecule has 0 radical (unpaired) electrons. The van der Waals surface area contributed by atoms with Crippen LogP contribution in [-0.4, -0.2) is 6.54 Å². The van der Waals surface area contributed by atoms with Gasteiger partial charge in [0.15, 0.2) is 0 Å². The summed E-state index contributed by atoms with van der Waals surface area (Å²) < 4.78 is 0. The molecule has 0 saturated heterocycles. The molecule has 1 nitrogen and oxygen atoms in total. The fraction of sp³-hybridized carbons (Fsp3) is 0.667. The van der Waals surface area contributed by atoms with Gasteiger partial charge in [0.25, 0.3) is 0 Å². The normalized spacial score (nSPS) is 30.8. The summed E-state index contributed by atoms with van der Waals surface area (Å²) in [6, 6.07) is 7.67. The first-order valence-electron chi connectivity index (χ1n) is 8.02. The number of hydrogen-bond donors (Lipinski definition) is 1. The lowest BCUT2D eigenvalue weighted by Crippen LogP contribution is -2.24. The van der Waals surface area contributed by atoms with Crippen LogP contribution in [0.15, 0.2) is 18.2 Å². The van der Waals surface area contributed by atoms with Crippen LogP contribution in [0.25, 0.3) is 0 Å². The van der Waals surface area contributed by atoms with E-state index < -0.39 is 0 Å². The first-order valence-corrected chi connectivity index (χ1v) is 8.02. The first kappa shape index (κ1) is 13.2. The zero-order chi connectivity index (χ0) is 13.4. The number of fused-ring (bicyclic) bond motifs is 1. The van der Waals surface area contributed by atoms with Gasteiger partial charge in [0.1, 0.15) is 0 Å². The van der Waals surface area contributed by atoms with Gasteiger partial charge in [-0.25, -0.2) is 0 Å². The quantitative estimate of drug-likeness (QED) is 0.843. The fourth-order valence-corrected chi connectivity index (χ4v) is 4.43. The molecule has 0 amide bonds. The lowest BCUT2D eigenvalue weighted by Gasteiger charge is -2.20. The van der Waals surface area contributed by atoms with E-state index in [0.717, 1.165) is 24.3 Å². The molecular formula is C18H27N. The van der Waals surface area contributed by atoms with Crippen molar-refractivity contribution < 1.29 is 0 Å². The van der Waals surface area contributed by atoms with Gasteiger partial charge in [-0.1, -0.05) is 49.1 Å². The third-order valence-electron chi connectivity index (χ3n) is 5.13. The van der Waals surface area contributed by atoms with Crippen LogP contribution in [0.2, 0.25) is 0 Å². The molecule has 0 aromatic heterocycles. The Hall–Kier alpha value is -0.820. The van der Waals surface area contributed by atoms with Crippen molar-refractivity contribution in [3.05, 3.63) is 34.9 Å². The Bertz CT molecular complexity index is 419. The molecule has 3 rings (SSSR count). The first-order chi connectivity index (χ1) is 9.20. The Kier molecular flexibility index (Phi) is 3.66. The smallest absolute Gasteiger partial charge is 0.0354 e. The summed E-state index contributed by atoms with van der Waals surface area (Å²) in [4.78, 5) is 0. The molecule has 3 atom stereocenters. The van der Waals surface area contributed by atoms with E-state index in [4.69, 9.17) is 0 Å². The second-order valence-corrected chi connectivity index (χ2v) is 6.65. The summed E-state index contributed by atoms with van der Waals surface area (Å²) in [7, 11) is 0. The van der Waals surface area contributed by atoms with Crippen LogP contribution in [0.5, 0.6) is 0 Å². The van der Waals surface area contributed by atoms with Gasteiger partial charge in [-0.15, -0.1) is 0 Å². The van der Waals surface area contributed by atoms with Gasteiger partial charge in [-0.2, -0.15) is 0 Å². The predicted octanol–water partition coefficient (Wildman–Crippen LogP) is 4.39. The summed E-state index contributed by atoms with van der Waals surface area (Å²) in [5.74, 6) is 2.93. The summed E-state index contributed by atoms with van der Waals surface area (Å²) in [6.07, 6.45) is 5.87. The maximum absolute atomic E-state index is 3.77. The minimum absolute atomic E-state index is 0.594. The summed E-state index contributed by atoms with van der Waals surface area (Å²) in [5.41, 5.74) is 4.34. The molecule has 2 aliphatic rings. The van der Waals surface area contributed by atoms with Crippen molar-refractivity contribution in [2.24, 2.45) is 17.8 Å². The highest BCUT2D eigenvalue weighted by Crippen LogP contribution is 2.60. The minimum Gasteiger partial charge on any atom is -0.310 e. The Morgan fingerprint density at radius 2 is 1.63 bits per heavy atom. The number of benzene rings is 1. The van der Waals surface area contributed by atoms with E-state index in [-0.39, 0.29) is 0 Å². The van der Waals surface area contributed by atoms with Crippen LogP contribution in [0, 0.1) is 31.6 Å². The van der Waals surface area contributed by atoms with E-state index >= 15 is 0 Å². The van der Waals surface area contributed by atoms with Gasteiger partial charge in [-0.3, -0.25) is 0 Å². The zero-order valence-electron chi connectivity index (χ0n) is 12.6. The van der Waals surface area contributed by atoms with Crippen molar-refractivity contribution in [1.29, 1.82) is 0 Å². The molecule has 0 bridgehead atoms. The lowest BCUT2D eigenvalue weighted by atomic mass is 9.96. The van der Waals surface area contributed by atoms with Crippen LogP contribution in [0.1, 0.15) is 55.3 Å². The monoisotopic (exact) mass is 257 g/mol. The van der Waals surface area contributed by atoms with Crippen LogP contribution < -0.4 is 5.32 Å². The Morgan fingerprint density at radius 1 is 1.05 bits per heavy atom. The number of aryl methyl sites for hydroxylation is 2. The van der Waals surface area contributed by atoms with Crippen LogP contribution in [0.3, 0.4) is 0 Å². The van der Waals surface area contributed by atoms with Gasteiger partial charge in [-0.05, 0) is 56.6 Å². The Balaban J connectivity index is 1.84. The van der Waals surface area contributed by atoms with Crippen molar-refractivity contribution in [3.8, 4) is 0 Å². The van der Waals surface area contributed by atoms with Crippen molar-refractivity contribution in [2.45, 2.75) is 52.5 Å². The lowest BCUT2D eigenvalue weighted by molar-refractivity contribution is 0.456. The molecule has 0 aliphatic heterocycles. The molecule has 104 valence electrons. The van der Waals surface area contributed by atoms with Crippen LogP contribution >= 0.6 is 0 Å². The average Bonchev–Trinajstić information content (AvgIpc) is 3.09. The average molecular weight is 257 g/mol. The topological polar surface area (TPSA) is 12.0 Å². The third-order valence-corrected chi connectivity index (χ3v) is 5.13. The Labute approximate surface area is 117 Å². The Morgan fingerprint density at radius 3 is 2.16 bits per heavy atom. The molecule has 0 spiro atoms. The van der Waals surface area contributed by atoms with Crippen molar-refractivity contribution in [3.63, 3.8) is 0 Å². The van der Waals surface area contributed by atoms with E-state index in [9.17, 15) is 0 Å². The zero-order valence-corrected chi connectivity index (χ0v) is 12.6. The molecule has 3 unspecified atom stereocenters. The summed E-state index contributed by atoms with van der Waals surface area (Å²) >= 11 is 0. The van der Waals surface area contributed by atoms with E-state index in [1.54, 1.807) is 0 Å². The highest BCUT2D eigenvalue weighted by Gasteiger charge is 2.54. The van der Waals surface area contributed by atoms with Crippen molar-refractivity contribution >= 4 is 0 Å². The van der Waals surface area contributed by atoms with Crippen molar-refractivity contribution in [2.75, 3.05) is 6.54 Å². The molecular weight excluding hydrogens is 230 g/mol. The molecule has 19 heavy (non-hydrogen) atoms. The second kappa shape index (κ2) is 5.28. The van der Waals surface area contributed by atoms with Crippen LogP contribution in [-0.2, 0) is 0 Å². The van der Waals surface area contributed by atoms with Crippen molar-refractivity contribution in [1.82, 2.24) is 5.32 Å². The van der Waals surface area contributed by atoms with E-state index in [2.05, 4.69) is 44.3 Å². The van der Waals surface area contributed by atoms with Gasteiger partial charge < -0.3 is 5.32 Å². The largest absolute Gasteiger partial charge is 0.310 e. The van der Waals surface area contributed by atoms with E-state index in [0.29, 0.717) is 6.04 Å². The highest BCUT2D eigenvalue weighted by atomic mass is 14.9. The molecule has 1 heteroatoms. The van der Waals surface area contributed by atoms with Crippen LogP contribution in [0.4, 0.5) is 0 Å². The third kappa shape index (κ3) is 2.58. The minimum atomic E-state index is 0.594. The number of nitrogens with one attached hydrogen (secondary N) is 1. The maximum Gasteiger partial charge on any atom is 0.0354 e. The van der Waals surface area contributed by atoms with E-state index in [1.807, 2.05) is 0 Å². The maximum atomic E-state index is 3.77. The van der Waals surface area contributed by atoms with Gasteiger partial charge in [0.2, 0.25) is 0 Å². The molecule has 2 fully saturated rings. The second-order valence-electron chi connectivity index (χ2n) is 6.65. The SMILES string of the molecule is CCNC(c1cc(C)cc(C)c1)C1C2CCCCC21. The van der Waals surface area contributed by atoms with Gasteiger partial charge in [0, 0.05) is 6.04 Å². The molecule has 2 saturated carbocycles. The molecule has 0 heterocycles. The molecule has 1 aromatic rings. The predicted molar refractivity (Wildman–Crippen MR) is 81.3 cm³/mol. The fourth-order valence-electron chi connectivity index (χ4n) is 4.43.